The molecule has 3 aromatic rings. The highest BCUT2D eigenvalue weighted by atomic mass is 35.5. The van der Waals surface area contributed by atoms with Gasteiger partial charge in [0.25, 0.3) is 11.5 Å². The number of piperazine rings is 1. The fourth-order valence-corrected chi connectivity index (χ4v) is 4.98. The monoisotopic (exact) mass is 481 g/mol. The van der Waals surface area contributed by atoms with Crippen molar-refractivity contribution in [3.63, 3.8) is 0 Å². The topological polar surface area (TPSA) is 87.5 Å². The SMILES string of the molecule is O=C1CSc2ccc(C(=O)N3CCN(c4cnn(-c5ccccc5)c(=O)c4Cl)CC3)cc2N1. The zero-order valence-electron chi connectivity index (χ0n) is 17.5. The molecule has 1 aromatic heterocycles. The Bertz CT molecular complexity index is 1290. The van der Waals surface area contributed by atoms with E-state index in [0.717, 1.165) is 4.90 Å². The first-order chi connectivity index (χ1) is 16.0. The van der Waals surface area contributed by atoms with Gasteiger partial charge in [-0.15, -0.1) is 11.8 Å². The average molecular weight is 482 g/mol. The predicted molar refractivity (Wildman–Crippen MR) is 129 cm³/mol. The van der Waals surface area contributed by atoms with Crippen LogP contribution < -0.4 is 15.8 Å². The number of anilines is 2. The number of aromatic nitrogens is 2. The highest BCUT2D eigenvalue weighted by molar-refractivity contribution is 8.00. The van der Waals surface area contributed by atoms with E-state index in [-0.39, 0.29) is 22.4 Å². The van der Waals surface area contributed by atoms with Crippen LogP contribution in [0.4, 0.5) is 11.4 Å². The number of halogens is 1. The number of nitrogens with zero attached hydrogens (tertiary/aromatic N) is 4. The molecule has 0 aliphatic carbocycles. The lowest BCUT2D eigenvalue weighted by atomic mass is 10.1. The van der Waals surface area contributed by atoms with E-state index in [0.29, 0.717) is 54.6 Å². The van der Waals surface area contributed by atoms with Crippen LogP contribution in [-0.4, -0.2) is 58.4 Å². The maximum absolute atomic E-state index is 13.0. The van der Waals surface area contributed by atoms with Gasteiger partial charge in [-0.05, 0) is 30.3 Å². The van der Waals surface area contributed by atoms with Crippen molar-refractivity contribution >= 4 is 46.6 Å². The van der Waals surface area contributed by atoms with E-state index in [2.05, 4.69) is 10.4 Å². The molecule has 10 heteroatoms. The molecule has 0 atom stereocenters. The second kappa shape index (κ2) is 8.92. The van der Waals surface area contributed by atoms with E-state index in [1.807, 2.05) is 29.2 Å². The summed E-state index contributed by atoms with van der Waals surface area (Å²) in [6.45, 7) is 2.02. The molecule has 0 bridgehead atoms. The zero-order chi connectivity index (χ0) is 22.9. The smallest absolute Gasteiger partial charge is 0.292 e. The van der Waals surface area contributed by atoms with Gasteiger partial charge in [0, 0.05) is 36.6 Å². The number of rotatable bonds is 3. The van der Waals surface area contributed by atoms with Gasteiger partial charge in [-0.3, -0.25) is 14.4 Å². The Morgan fingerprint density at radius 2 is 1.79 bits per heavy atom. The molecule has 2 aliphatic rings. The molecule has 0 saturated carbocycles. The van der Waals surface area contributed by atoms with Crippen molar-refractivity contribution < 1.29 is 9.59 Å². The van der Waals surface area contributed by atoms with Crippen molar-refractivity contribution in [3.05, 3.63) is 75.7 Å². The third kappa shape index (κ3) is 4.21. The van der Waals surface area contributed by atoms with Crippen LogP contribution in [0, 0.1) is 0 Å². The second-order valence-electron chi connectivity index (χ2n) is 7.72. The summed E-state index contributed by atoms with van der Waals surface area (Å²) in [4.78, 5) is 42.2. The Kier molecular flexibility index (Phi) is 5.82. The number of para-hydroxylation sites is 1. The molecule has 2 aliphatic heterocycles. The van der Waals surface area contributed by atoms with Gasteiger partial charge < -0.3 is 15.1 Å². The van der Waals surface area contributed by atoms with Crippen LogP contribution in [0.2, 0.25) is 5.02 Å². The molecule has 0 unspecified atom stereocenters. The highest BCUT2D eigenvalue weighted by Gasteiger charge is 2.26. The number of amides is 2. The van der Waals surface area contributed by atoms with Gasteiger partial charge in [-0.2, -0.15) is 9.78 Å². The molecule has 1 N–H and O–H groups in total. The number of thioether (sulfide) groups is 1. The maximum atomic E-state index is 13.0. The van der Waals surface area contributed by atoms with Crippen molar-refractivity contribution in [1.82, 2.24) is 14.7 Å². The fourth-order valence-electron chi connectivity index (χ4n) is 3.95. The van der Waals surface area contributed by atoms with Gasteiger partial charge in [-0.1, -0.05) is 29.8 Å². The minimum absolute atomic E-state index is 0.0645. The summed E-state index contributed by atoms with van der Waals surface area (Å²) in [6.07, 6.45) is 1.60. The van der Waals surface area contributed by atoms with Crippen LogP contribution in [0.25, 0.3) is 5.69 Å². The molecule has 0 spiro atoms. The summed E-state index contributed by atoms with van der Waals surface area (Å²) < 4.78 is 1.28. The second-order valence-corrected chi connectivity index (χ2v) is 9.12. The quantitative estimate of drug-likeness (QED) is 0.619. The lowest BCUT2D eigenvalue weighted by Gasteiger charge is -2.36. The first kappa shape index (κ1) is 21.5. The highest BCUT2D eigenvalue weighted by Crippen LogP contribution is 2.32. The van der Waals surface area contributed by atoms with E-state index in [1.165, 1.54) is 16.4 Å². The lowest BCUT2D eigenvalue weighted by Crippen LogP contribution is -2.49. The first-order valence-electron chi connectivity index (χ1n) is 10.5. The molecule has 1 fully saturated rings. The minimum atomic E-state index is -0.382. The number of hydrogen-bond donors (Lipinski definition) is 1. The van der Waals surface area contributed by atoms with Gasteiger partial charge in [0.2, 0.25) is 5.91 Å². The van der Waals surface area contributed by atoms with Gasteiger partial charge >= 0.3 is 0 Å². The van der Waals surface area contributed by atoms with Crippen LogP contribution in [0.3, 0.4) is 0 Å². The summed E-state index contributed by atoms with van der Waals surface area (Å²) in [7, 11) is 0. The van der Waals surface area contributed by atoms with Gasteiger partial charge in [0.15, 0.2) is 0 Å². The molecule has 3 heterocycles. The normalized spacial score (nSPS) is 15.7. The summed E-state index contributed by atoms with van der Waals surface area (Å²) in [6, 6.07) is 14.5. The van der Waals surface area contributed by atoms with Crippen molar-refractivity contribution in [2.24, 2.45) is 0 Å². The number of carbonyl (C=O) groups excluding carboxylic acids is 2. The zero-order valence-corrected chi connectivity index (χ0v) is 19.1. The average Bonchev–Trinajstić information content (AvgIpc) is 2.85. The largest absolute Gasteiger partial charge is 0.365 e. The Hall–Kier alpha value is -3.30. The lowest BCUT2D eigenvalue weighted by molar-refractivity contribution is -0.113. The van der Waals surface area contributed by atoms with Crippen LogP contribution in [-0.2, 0) is 4.79 Å². The molecule has 2 aromatic carbocycles. The Morgan fingerprint density at radius 1 is 1.03 bits per heavy atom. The Balaban J connectivity index is 1.29. The van der Waals surface area contributed by atoms with Gasteiger partial charge in [-0.25, -0.2) is 0 Å². The summed E-state index contributed by atoms with van der Waals surface area (Å²) in [5, 5.41) is 7.22. The van der Waals surface area contributed by atoms with E-state index < -0.39 is 0 Å². The molecule has 5 rings (SSSR count). The van der Waals surface area contributed by atoms with Crippen molar-refractivity contribution in [1.29, 1.82) is 0 Å². The number of fused-ring (bicyclic) bond motifs is 1. The van der Waals surface area contributed by atoms with E-state index in [9.17, 15) is 14.4 Å². The number of nitrogens with one attached hydrogen (secondary N) is 1. The van der Waals surface area contributed by atoms with E-state index in [1.54, 1.807) is 35.4 Å². The van der Waals surface area contributed by atoms with Gasteiger partial charge in [0.05, 0.1) is 29.0 Å². The van der Waals surface area contributed by atoms with Crippen LogP contribution in [0.1, 0.15) is 10.4 Å². The van der Waals surface area contributed by atoms with Crippen LogP contribution >= 0.6 is 23.4 Å². The number of carbonyl (C=O) groups is 2. The fraction of sp³-hybridized carbons (Fsp3) is 0.217. The minimum Gasteiger partial charge on any atom is -0.365 e. The Morgan fingerprint density at radius 3 is 2.55 bits per heavy atom. The van der Waals surface area contributed by atoms with Crippen molar-refractivity contribution in [2.75, 3.05) is 42.1 Å². The van der Waals surface area contributed by atoms with Gasteiger partial charge in [0.1, 0.15) is 5.02 Å². The molecule has 8 nitrogen and oxygen atoms in total. The number of benzene rings is 2. The Labute approximate surface area is 199 Å². The third-order valence-electron chi connectivity index (χ3n) is 5.67. The standard InChI is InChI=1S/C23H20ClN5O3S/c24-21-18(13-25-29(23(21)32)16-4-2-1-3-5-16)27-8-10-28(11-9-27)22(31)15-6-7-19-17(12-15)26-20(30)14-33-19/h1-7,12-13H,8-11,14H2,(H,26,30). The molecule has 0 radical (unpaired) electrons. The first-order valence-corrected chi connectivity index (χ1v) is 11.8. The summed E-state index contributed by atoms with van der Waals surface area (Å²) in [5.41, 5.74) is 2.04. The molecular weight excluding hydrogens is 462 g/mol. The van der Waals surface area contributed by atoms with Crippen molar-refractivity contribution in [3.8, 4) is 5.69 Å². The maximum Gasteiger partial charge on any atom is 0.292 e. The third-order valence-corrected chi connectivity index (χ3v) is 7.10. The van der Waals surface area contributed by atoms with E-state index in [4.69, 9.17) is 11.6 Å². The molecular formula is C23H20ClN5O3S. The molecule has 1 saturated heterocycles. The van der Waals surface area contributed by atoms with Crippen LogP contribution in [0.5, 0.6) is 0 Å². The van der Waals surface area contributed by atoms with Crippen molar-refractivity contribution in [2.45, 2.75) is 4.90 Å². The predicted octanol–water partition coefficient (Wildman–Crippen LogP) is 2.89. The molecule has 168 valence electrons. The molecule has 33 heavy (non-hydrogen) atoms. The van der Waals surface area contributed by atoms with Crippen LogP contribution in [0.15, 0.2) is 64.4 Å². The summed E-state index contributed by atoms with van der Waals surface area (Å²) in [5.74, 6) is 0.228. The number of hydrogen-bond acceptors (Lipinski definition) is 6. The molecule has 2 amide bonds. The summed E-state index contributed by atoms with van der Waals surface area (Å²) >= 11 is 7.89. The van der Waals surface area contributed by atoms with E-state index >= 15 is 0 Å².